The van der Waals surface area contributed by atoms with E-state index in [0.29, 0.717) is 0 Å². The zero-order valence-corrected chi connectivity index (χ0v) is 13.6. The third-order valence-electron chi connectivity index (χ3n) is 1.80. The van der Waals surface area contributed by atoms with E-state index in [1.807, 2.05) is 0 Å². The summed E-state index contributed by atoms with van der Waals surface area (Å²) in [6.45, 7) is 1.78. The van der Waals surface area contributed by atoms with Crippen molar-refractivity contribution < 1.29 is 14.6 Å². The lowest BCUT2D eigenvalue weighted by Crippen LogP contribution is -2.15. The molecule has 19 heavy (non-hydrogen) atoms. The third-order valence-corrected chi connectivity index (χ3v) is 4.07. The van der Waals surface area contributed by atoms with Gasteiger partial charge in [0.25, 0.3) is 0 Å². The average Bonchev–Trinajstić information content (AvgIpc) is 2.34. The summed E-state index contributed by atoms with van der Waals surface area (Å²) >= 11 is 28.2. The largest absolute Gasteiger partial charge is 0.478 e. The van der Waals surface area contributed by atoms with Crippen LogP contribution in [0.15, 0.2) is 0 Å². The van der Waals surface area contributed by atoms with Crippen LogP contribution in [0.4, 0.5) is 0 Å². The van der Waals surface area contributed by atoms with Gasteiger partial charge in [0, 0.05) is 7.11 Å². The molecule has 1 aromatic rings. The Morgan fingerprint density at radius 2 is 1.32 bits per heavy atom. The van der Waals surface area contributed by atoms with Crippen molar-refractivity contribution in [3.05, 3.63) is 30.7 Å². The van der Waals surface area contributed by atoms with Crippen molar-refractivity contribution in [2.24, 2.45) is 5.73 Å². The SMILES string of the molecule is COC(C)N.O=C(O)c1c(Cl)c(Cl)c(Cl)c(Cl)c1Cl. The third kappa shape index (κ3) is 5.16. The molecule has 1 unspecified atom stereocenters. The molecule has 9 heteroatoms. The summed E-state index contributed by atoms with van der Waals surface area (Å²) in [5, 5.41) is 8.00. The van der Waals surface area contributed by atoms with Gasteiger partial charge in [-0.2, -0.15) is 0 Å². The second-order valence-corrected chi connectivity index (χ2v) is 5.08. The second-order valence-electron chi connectivity index (χ2n) is 3.19. The molecular weight excluding hydrogens is 359 g/mol. The van der Waals surface area contributed by atoms with Gasteiger partial charge in [0.1, 0.15) is 6.23 Å². The van der Waals surface area contributed by atoms with Crippen LogP contribution in [-0.4, -0.2) is 24.4 Å². The van der Waals surface area contributed by atoms with Crippen LogP contribution < -0.4 is 5.73 Å². The molecule has 0 amide bonds. The molecule has 1 rings (SSSR count). The number of halogens is 5. The van der Waals surface area contributed by atoms with E-state index in [2.05, 4.69) is 4.74 Å². The molecule has 0 bridgehead atoms. The quantitative estimate of drug-likeness (QED) is 0.454. The van der Waals surface area contributed by atoms with Gasteiger partial charge in [0.05, 0.1) is 30.7 Å². The molecule has 108 valence electrons. The van der Waals surface area contributed by atoms with Crippen molar-refractivity contribution in [3.63, 3.8) is 0 Å². The molecule has 0 radical (unpaired) electrons. The topological polar surface area (TPSA) is 72.5 Å². The standard InChI is InChI=1S/C7HCl5O2.C3H9NO/c8-2-1(7(13)14)3(9)5(11)6(12)4(2)10;1-3(4)5-2/h(H,13,14);3H,4H2,1-2H3. The van der Waals surface area contributed by atoms with Crippen LogP contribution in [0.5, 0.6) is 0 Å². The number of aromatic carboxylic acids is 1. The van der Waals surface area contributed by atoms with Crippen LogP contribution in [0, 0.1) is 0 Å². The van der Waals surface area contributed by atoms with Crippen molar-refractivity contribution in [3.8, 4) is 0 Å². The number of carboxylic acid groups (broad SMARTS) is 1. The first-order valence-electron chi connectivity index (χ1n) is 4.68. The van der Waals surface area contributed by atoms with Crippen LogP contribution >= 0.6 is 58.0 Å². The van der Waals surface area contributed by atoms with E-state index in [0.717, 1.165) is 0 Å². The number of hydrogen-bond acceptors (Lipinski definition) is 3. The van der Waals surface area contributed by atoms with E-state index in [-0.39, 0.29) is 36.9 Å². The number of hydrogen-bond donors (Lipinski definition) is 2. The Kier molecular flexibility index (Phi) is 8.40. The normalized spacial score (nSPS) is 11.6. The molecule has 0 heterocycles. The summed E-state index contributed by atoms with van der Waals surface area (Å²) in [6.07, 6.45) is -0.116. The Hall–Kier alpha value is 0.0600. The van der Waals surface area contributed by atoms with Gasteiger partial charge < -0.3 is 15.6 Å². The number of carboxylic acids is 1. The minimum absolute atomic E-state index is 0.0617. The lowest BCUT2D eigenvalue weighted by Gasteiger charge is -2.08. The summed E-state index contributed by atoms with van der Waals surface area (Å²) in [6, 6.07) is 0. The zero-order valence-electron chi connectivity index (χ0n) is 9.81. The fraction of sp³-hybridized carbons (Fsp3) is 0.300. The molecule has 0 spiro atoms. The Bertz CT molecular complexity index is 450. The highest BCUT2D eigenvalue weighted by atomic mass is 35.5. The molecule has 0 aliphatic rings. The molecule has 0 fully saturated rings. The lowest BCUT2D eigenvalue weighted by atomic mass is 10.2. The minimum Gasteiger partial charge on any atom is -0.478 e. The van der Waals surface area contributed by atoms with Crippen molar-refractivity contribution in [2.45, 2.75) is 13.2 Å². The number of carbonyl (C=O) groups is 1. The Morgan fingerprint density at radius 3 is 1.53 bits per heavy atom. The van der Waals surface area contributed by atoms with E-state index in [9.17, 15) is 4.79 Å². The van der Waals surface area contributed by atoms with Crippen molar-refractivity contribution in [1.29, 1.82) is 0 Å². The van der Waals surface area contributed by atoms with Gasteiger partial charge in [-0.15, -0.1) is 0 Å². The lowest BCUT2D eigenvalue weighted by molar-refractivity contribution is 0.0697. The van der Waals surface area contributed by atoms with Crippen molar-refractivity contribution >= 4 is 64.0 Å². The monoisotopic (exact) mass is 367 g/mol. The van der Waals surface area contributed by atoms with E-state index in [4.69, 9.17) is 68.8 Å². The van der Waals surface area contributed by atoms with Crippen LogP contribution in [0.1, 0.15) is 17.3 Å². The number of rotatable bonds is 2. The average molecular weight is 369 g/mol. The highest BCUT2D eigenvalue weighted by molar-refractivity contribution is 6.56. The number of nitrogens with two attached hydrogens (primary N) is 1. The zero-order chi connectivity index (χ0) is 15.3. The highest BCUT2D eigenvalue weighted by Gasteiger charge is 2.23. The van der Waals surface area contributed by atoms with Gasteiger partial charge in [0.2, 0.25) is 0 Å². The Labute approximate surface area is 135 Å². The van der Waals surface area contributed by atoms with Gasteiger partial charge in [0.15, 0.2) is 0 Å². The first kappa shape index (κ1) is 19.1. The Balaban J connectivity index is 0.000000555. The van der Waals surface area contributed by atoms with Crippen molar-refractivity contribution in [1.82, 2.24) is 0 Å². The van der Waals surface area contributed by atoms with Gasteiger partial charge in [-0.05, 0) is 6.92 Å². The predicted molar refractivity (Wildman–Crippen MR) is 79.1 cm³/mol. The summed E-state index contributed by atoms with van der Waals surface area (Å²) < 4.78 is 4.53. The molecule has 0 aromatic heterocycles. The molecule has 0 saturated heterocycles. The molecule has 1 aromatic carbocycles. The van der Waals surface area contributed by atoms with Crippen molar-refractivity contribution in [2.75, 3.05) is 7.11 Å². The van der Waals surface area contributed by atoms with Gasteiger partial charge in [-0.25, -0.2) is 4.79 Å². The number of ether oxygens (including phenoxy) is 1. The van der Waals surface area contributed by atoms with E-state index >= 15 is 0 Å². The van der Waals surface area contributed by atoms with Gasteiger partial charge in [-0.3, -0.25) is 0 Å². The summed E-state index contributed by atoms with van der Waals surface area (Å²) in [4.78, 5) is 10.7. The molecule has 1 atom stereocenters. The molecule has 0 aliphatic carbocycles. The first-order valence-corrected chi connectivity index (χ1v) is 6.57. The van der Waals surface area contributed by atoms with E-state index < -0.39 is 5.97 Å². The number of methoxy groups -OCH3 is 1. The Morgan fingerprint density at radius 1 is 1.05 bits per heavy atom. The molecule has 0 aliphatic heterocycles. The minimum atomic E-state index is -1.32. The maximum Gasteiger partial charge on any atom is 0.338 e. The van der Waals surface area contributed by atoms with Crippen LogP contribution in [0.25, 0.3) is 0 Å². The van der Waals surface area contributed by atoms with E-state index in [1.54, 1.807) is 14.0 Å². The maximum atomic E-state index is 10.7. The fourth-order valence-electron chi connectivity index (χ4n) is 0.793. The fourth-order valence-corrected chi connectivity index (χ4v) is 2.09. The summed E-state index contributed by atoms with van der Waals surface area (Å²) in [7, 11) is 1.57. The van der Waals surface area contributed by atoms with Gasteiger partial charge in [-0.1, -0.05) is 58.0 Å². The summed E-state index contributed by atoms with van der Waals surface area (Å²) in [5.41, 5.74) is 4.72. The predicted octanol–water partition coefficient (Wildman–Crippen LogP) is 4.59. The first-order chi connectivity index (χ1) is 8.64. The maximum absolute atomic E-state index is 10.7. The van der Waals surface area contributed by atoms with E-state index in [1.165, 1.54) is 0 Å². The van der Waals surface area contributed by atoms with Crippen LogP contribution in [0.2, 0.25) is 25.1 Å². The van der Waals surface area contributed by atoms with Crippen LogP contribution in [0.3, 0.4) is 0 Å². The molecule has 3 N–H and O–H groups in total. The molecule has 0 saturated carbocycles. The summed E-state index contributed by atoms with van der Waals surface area (Å²) in [5.74, 6) is -1.32. The highest BCUT2D eigenvalue weighted by Crippen LogP contribution is 2.43. The number of benzene rings is 1. The molecular formula is C10H10Cl5NO3. The smallest absolute Gasteiger partial charge is 0.338 e. The van der Waals surface area contributed by atoms with Crippen LogP contribution in [-0.2, 0) is 4.74 Å². The molecule has 4 nitrogen and oxygen atoms in total. The second kappa shape index (κ2) is 8.37. The van der Waals surface area contributed by atoms with Gasteiger partial charge >= 0.3 is 5.97 Å².